The number of likely N-dealkylation sites (tertiary alicyclic amines) is 1. The van der Waals surface area contributed by atoms with E-state index in [1.54, 1.807) is 12.3 Å². The van der Waals surface area contributed by atoms with Crippen molar-refractivity contribution in [3.05, 3.63) is 24.0 Å². The van der Waals surface area contributed by atoms with Crippen LogP contribution in [0.25, 0.3) is 0 Å². The molecule has 6 nitrogen and oxygen atoms in total. The summed E-state index contributed by atoms with van der Waals surface area (Å²) in [5, 5.41) is 8.80. The van der Waals surface area contributed by atoms with Crippen molar-refractivity contribution in [2.24, 2.45) is 0 Å². The van der Waals surface area contributed by atoms with Crippen molar-refractivity contribution in [3.63, 3.8) is 0 Å². The molecule has 0 bridgehead atoms. The maximum Gasteiger partial charge on any atom is 0.253 e. The van der Waals surface area contributed by atoms with Gasteiger partial charge in [-0.05, 0) is 31.4 Å². The third kappa shape index (κ3) is 3.20. The molecule has 2 aliphatic rings. The maximum absolute atomic E-state index is 12.5. The number of aromatic nitrogens is 1. The maximum atomic E-state index is 12.5. The first kappa shape index (κ1) is 14.8. The number of hydrogen-bond donors (Lipinski definition) is 0. The Morgan fingerprint density at radius 2 is 2.09 bits per heavy atom. The molecule has 116 valence electrons. The Morgan fingerprint density at radius 3 is 2.77 bits per heavy atom. The molecule has 6 heteroatoms. The number of morpholine rings is 1. The van der Waals surface area contributed by atoms with Crippen LogP contribution in [-0.4, -0.2) is 54.7 Å². The first-order valence-corrected chi connectivity index (χ1v) is 7.79. The lowest BCUT2D eigenvalue weighted by Gasteiger charge is -2.37. The lowest BCUT2D eigenvalue weighted by Crippen LogP contribution is -2.52. The van der Waals surface area contributed by atoms with Gasteiger partial charge in [0.15, 0.2) is 6.10 Å². The molecule has 0 aliphatic carbocycles. The van der Waals surface area contributed by atoms with E-state index in [-0.39, 0.29) is 5.91 Å². The van der Waals surface area contributed by atoms with Crippen molar-refractivity contribution in [3.8, 4) is 6.07 Å². The quantitative estimate of drug-likeness (QED) is 0.820. The minimum Gasteiger partial charge on any atom is -0.365 e. The smallest absolute Gasteiger partial charge is 0.253 e. The first-order chi connectivity index (χ1) is 10.8. The van der Waals surface area contributed by atoms with Crippen LogP contribution in [0.15, 0.2) is 18.3 Å². The highest BCUT2D eigenvalue weighted by Crippen LogP contribution is 2.19. The molecule has 2 aliphatic heterocycles. The monoisotopic (exact) mass is 300 g/mol. The highest BCUT2D eigenvalue weighted by molar-refractivity contribution is 5.82. The number of ether oxygens (including phenoxy) is 1. The summed E-state index contributed by atoms with van der Waals surface area (Å²) in [6.07, 6.45) is 4.66. The molecule has 0 N–H and O–H groups in total. The Morgan fingerprint density at radius 1 is 1.27 bits per heavy atom. The zero-order valence-electron chi connectivity index (χ0n) is 12.6. The van der Waals surface area contributed by atoms with Crippen molar-refractivity contribution in [1.82, 2.24) is 9.88 Å². The van der Waals surface area contributed by atoms with E-state index in [0.717, 1.165) is 38.2 Å². The second kappa shape index (κ2) is 6.75. The van der Waals surface area contributed by atoms with E-state index in [0.29, 0.717) is 18.8 Å². The van der Waals surface area contributed by atoms with Gasteiger partial charge >= 0.3 is 0 Å². The van der Waals surface area contributed by atoms with E-state index >= 15 is 0 Å². The molecule has 2 saturated heterocycles. The summed E-state index contributed by atoms with van der Waals surface area (Å²) in [5.41, 5.74) is 1.33. The molecular weight excluding hydrogens is 280 g/mol. The van der Waals surface area contributed by atoms with E-state index in [4.69, 9.17) is 10.00 Å². The van der Waals surface area contributed by atoms with Crippen molar-refractivity contribution in [1.29, 1.82) is 5.26 Å². The Labute approximate surface area is 130 Å². The van der Waals surface area contributed by atoms with Crippen LogP contribution in [0.2, 0.25) is 0 Å². The Hall–Kier alpha value is -2.13. The van der Waals surface area contributed by atoms with Crippen LogP contribution >= 0.6 is 0 Å². The van der Waals surface area contributed by atoms with Crippen LogP contribution < -0.4 is 4.90 Å². The van der Waals surface area contributed by atoms with Crippen LogP contribution in [0.3, 0.4) is 0 Å². The summed E-state index contributed by atoms with van der Waals surface area (Å²) in [6, 6.07) is 5.59. The number of carbonyl (C=O) groups excluding carboxylic acids is 1. The molecule has 1 aromatic heterocycles. The summed E-state index contributed by atoms with van der Waals surface area (Å²) in [4.78, 5) is 20.7. The standard InChI is InChI=1S/C16H20N4O2/c17-10-13-4-5-14(11-18-13)20-8-9-22-15(12-20)16(21)19-6-2-1-3-7-19/h4-5,11,15H,1-3,6-9,12H2. The van der Waals surface area contributed by atoms with Gasteiger partial charge in [0.05, 0.1) is 25.0 Å². The van der Waals surface area contributed by atoms with Crippen LogP contribution in [-0.2, 0) is 9.53 Å². The minimum atomic E-state index is -0.400. The number of rotatable bonds is 2. The predicted molar refractivity (Wildman–Crippen MR) is 81.3 cm³/mol. The average molecular weight is 300 g/mol. The molecule has 0 aromatic carbocycles. The lowest BCUT2D eigenvalue weighted by molar-refractivity contribution is -0.145. The molecule has 1 atom stereocenters. The van der Waals surface area contributed by atoms with Crippen molar-refractivity contribution >= 4 is 11.6 Å². The highest BCUT2D eigenvalue weighted by Gasteiger charge is 2.31. The number of hydrogen-bond acceptors (Lipinski definition) is 5. The van der Waals surface area contributed by atoms with E-state index in [1.165, 1.54) is 6.42 Å². The number of pyridine rings is 1. The number of amides is 1. The van der Waals surface area contributed by atoms with Gasteiger partial charge in [-0.15, -0.1) is 0 Å². The van der Waals surface area contributed by atoms with Crippen LogP contribution in [0.4, 0.5) is 5.69 Å². The van der Waals surface area contributed by atoms with E-state index in [2.05, 4.69) is 9.88 Å². The number of anilines is 1. The SMILES string of the molecule is N#Cc1ccc(N2CCOC(C(=O)N3CCCCC3)C2)cn1. The molecule has 1 unspecified atom stereocenters. The van der Waals surface area contributed by atoms with Gasteiger partial charge in [0.25, 0.3) is 5.91 Å². The number of nitrogens with zero attached hydrogens (tertiary/aromatic N) is 4. The first-order valence-electron chi connectivity index (χ1n) is 7.79. The molecule has 22 heavy (non-hydrogen) atoms. The second-order valence-electron chi connectivity index (χ2n) is 5.70. The molecule has 0 saturated carbocycles. The topological polar surface area (TPSA) is 69.5 Å². The van der Waals surface area contributed by atoms with E-state index < -0.39 is 6.10 Å². The summed E-state index contributed by atoms with van der Waals surface area (Å²) in [5.74, 6) is 0.103. The zero-order chi connectivity index (χ0) is 15.4. The second-order valence-corrected chi connectivity index (χ2v) is 5.70. The van der Waals surface area contributed by atoms with Gasteiger partial charge in [0.1, 0.15) is 11.8 Å². The number of nitriles is 1. The van der Waals surface area contributed by atoms with Crippen molar-refractivity contribution in [2.45, 2.75) is 25.4 Å². The van der Waals surface area contributed by atoms with Gasteiger partial charge in [-0.1, -0.05) is 0 Å². The van der Waals surface area contributed by atoms with E-state index in [9.17, 15) is 4.79 Å². The molecule has 0 radical (unpaired) electrons. The normalized spacial score (nSPS) is 22.2. The van der Waals surface area contributed by atoms with Crippen molar-refractivity contribution < 1.29 is 9.53 Å². The molecule has 0 spiro atoms. The van der Waals surface area contributed by atoms with Gasteiger partial charge in [0.2, 0.25) is 0 Å². The summed E-state index contributed by atoms with van der Waals surface area (Å²) < 4.78 is 5.68. The Kier molecular flexibility index (Phi) is 4.54. The number of carbonyl (C=O) groups is 1. The Bertz CT molecular complexity index is 561. The van der Waals surface area contributed by atoms with Gasteiger partial charge < -0.3 is 14.5 Å². The van der Waals surface area contributed by atoms with Gasteiger partial charge in [-0.3, -0.25) is 4.79 Å². The van der Waals surface area contributed by atoms with Gasteiger partial charge in [0, 0.05) is 19.6 Å². The summed E-state index contributed by atoms with van der Waals surface area (Å²) in [7, 11) is 0. The van der Waals surface area contributed by atoms with Crippen LogP contribution in [0.1, 0.15) is 25.0 Å². The molecule has 1 aromatic rings. The molecule has 3 heterocycles. The summed E-state index contributed by atoms with van der Waals surface area (Å²) >= 11 is 0. The summed E-state index contributed by atoms with van der Waals surface area (Å²) in [6.45, 7) is 3.50. The van der Waals surface area contributed by atoms with E-state index in [1.807, 2.05) is 17.0 Å². The predicted octanol–water partition coefficient (Wildman–Crippen LogP) is 1.17. The number of piperidine rings is 1. The molecule has 1 amide bonds. The fourth-order valence-electron chi connectivity index (χ4n) is 2.99. The van der Waals surface area contributed by atoms with Gasteiger partial charge in [-0.2, -0.15) is 5.26 Å². The van der Waals surface area contributed by atoms with Gasteiger partial charge in [-0.25, -0.2) is 4.98 Å². The molecular formula is C16H20N4O2. The molecule has 2 fully saturated rings. The zero-order valence-corrected chi connectivity index (χ0v) is 12.6. The van der Waals surface area contributed by atoms with Crippen LogP contribution in [0, 0.1) is 11.3 Å². The largest absolute Gasteiger partial charge is 0.365 e. The lowest BCUT2D eigenvalue weighted by atomic mass is 10.1. The average Bonchev–Trinajstić information content (AvgIpc) is 2.62. The van der Waals surface area contributed by atoms with Crippen molar-refractivity contribution in [2.75, 3.05) is 37.7 Å². The third-order valence-electron chi connectivity index (χ3n) is 4.24. The third-order valence-corrected chi connectivity index (χ3v) is 4.24. The Balaban J connectivity index is 1.65. The van der Waals surface area contributed by atoms with Crippen LogP contribution in [0.5, 0.6) is 0 Å². The molecule has 3 rings (SSSR count). The fraction of sp³-hybridized carbons (Fsp3) is 0.562. The minimum absolute atomic E-state index is 0.103. The highest BCUT2D eigenvalue weighted by atomic mass is 16.5. The fourth-order valence-corrected chi connectivity index (χ4v) is 2.99.